The molecule has 0 radical (unpaired) electrons. The summed E-state index contributed by atoms with van der Waals surface area (Å²) >= 11 is 0. The number of amides is 1. The molecule has 4 nitrogen and oxygen atoms in total. The molecule has 0 spiro atoms. The minimum atomic E-state index is -4.56. The summed E-state index contributed by atoms with van der Waals surface area (Å²) in [6.07, 6.45) is -4.59. The van der Waals surface area contributed by atoms with Crippen LogP contribution in [0.1, 0.15) is 42.1 Å². The van der Waals surface area contributed by atoms with Crippen molar-refractivity contribution in [3.63, 3.8) is 0 Å². The standard InChI is InChI=1S/C26H23F4NO3/c1-3-33-22-12-17-13-24(32)31(20-7-5-6-18(14-20)26(28,29)30)25(16-8-10-19(27)11-9-16)21(17)15-23(22)34-4-2/h5-12,14-15,25H,3-4,13H2,1-2H3/t25-/m0/s1. The first-order valence-electron chi connectivity index (χ1n) is 10.9. The molecule has 0 bridgehead atoms. The third kappa shape index (κ3) is 4.58. The normalized spacial score (nSPS) is 15.8. The minimum absolute atomic E-state index is 0.0320. The molecule has 0 unspecified atom stereocenters. The maximum atomic E-state index is 13.7. The van der Waals surface area contributed by atoms with Gasteiger partial charge in [0.15, 0.2) is 11.5 Å². The fourth-order valence-corrected chi connectivity index (χ4v) is 4.19. The highest BCUT2D eigenvalue weighted by Gasteiger charge is 2.37. The smallest absolute Gasteiger partial charge is 0.416 e. The van der Waals surface area contributed by atoms with Crippen LogP contribution in [0.4, 0.5) is 23.2 Å². The summed E-state index contributed by atoms with van der Waals surface area (Å²) in [6.45, 7) is 4.42. The molecule has 34 heavy (non-hydrogen) atoms. The van der Waals surface area contributed by atoms with Gasteiger partial charge in [-0.1, -0.05) is 18.2 Å². The Morgan fingerprint density at radius 3 is 2.21 bits per heavy atom. The SMILES string of the molecule is CCOc1cc2c(cc1OCC)[C@H](c1ccc(F)cc1)N(c1cccc(C(F)(F)F)c1)C(=O)C2. The summed E-state index contributed by atoms with van der Waals surface area (Å²) in [4.78, 5) is 14.7. The predicted molar refractivity (Wildman–Crippen MR) is 120 cm³/mol. The number of benzene rings is 3. The molecule has 0 saturated carbocycles. The molecule has 0 saturated heterocycles. The lowest BCUT2D eigenvalue weighted by molar-refractivity contribution is -0.137. The van der Waals surface area contributed by atoms with Gasteiger partial charge in [-0.15, -0.1) is 0 Å². The van der Waals surface area contributed by atoms with E-state index in [1.54, 1.807) is 12.1 Å². The van der Waals surface area contributed by atoms with E-state index in [4.69, 9.17) is 9.47 Å². The van der Waals surface area contributed by atoms with Crippen molar-refractivity contribution in [2.75, 3.05) is 18.1 Å². The highest BCUT2D eigenvalue weighted by molar-refractivity contribution is 5.98. The third-order valence-electron chi connectivity index (χ3n) is 5.61. The number of carbonyl (C=O) groups excluding carboxylic acids is 1. The van der Waals surface area contributed by atoms with Gasteiger partial charge < -0.3 is 14.4 Å². The first kappa shape index (κ1) is 23.6. The number of nitrogens with zero attached hydrogens (tertiary/aromatic N) is 1. The molecular formula is C26H23F4NO3. The van der Waals surface area contributed by atoms with Crippen LogP contribution in [0.2, 0.25) is 0 Å². The molecule has 3 aromatic rings. The van der Waals surface area contributed by atoms with Gasteiger partial charge in [-0.2, -0.15) is 13.2 Å². The molecule has 0 aliphatic carbocycles. The third-order valence-corrected chi connectivity index (χ3v) is 5.61. The monoisotopic (exact) mass is 473 g/mol. The van der Waals surface area contributed by atoms with Crippen molar-refractivity contribution in [2.45, 2.75) is 32.5 Å². The number of alkyl halides is 3. The molecule has 8 heteroatoms. The van der Waals surface area contributed by atoms with Crippen LogP contribution < -0.4 is 14.4 Å². The van der Waals surface area contributed by atoms with Crippen LogP contribution in [0.5, 0.6) is 11.5 Å². The summed E-state index contributed by atoms with van der Waals surface area (Å²) in [7, 11) is 0. The number of hydrogen-bond acceptors (Lipinski definition) is 3. The van der Waals surface area contributed by atoms with Crippen molar-refractivity contribution in [1.29, 1.82) is 0 Å². The van der Waals surface area contributed by atoms with E-state index in [9.17, 15) is 22.4 Å². The molecule has 0 N–H and O–H groups in total. The number of anilines is 1. The van der Waals surface area contributed by atoms with Crippen molar-refractivity contribution in [3.05, 3.63) is 88.7 Å². The second-order valence-corrected chi connectivity index (χ2v) is 7.81. The van der Waals surface area contributed by atoms with Crippen LogP contribution in [0.3, 0.4) is 0 Å². The molecule has 1 aliphatic rings. The van der Waals surface area contributed by atoms with Crippen molar-refractivity contribution < 1.29 is 31.8 Å². The topological polar surface area (TPSA) is 38.8 Å². The average Bonchev–Trinajstić information content (AvgIpc) is 2.79. The predicted octanol–water partition coefficient (Wildman–Crippen LogP) is 6.32. The number of halogens is 4. The zero-order valence-corrected chi connectivity index (χ0v) is 18.7. The second-order valence-electron chi connectivity index (χ2n) is 7.81. The Bertz CT molecular complexity index is 1190. The first-order valence-corrected chi connectivity index (χ1v) is 10.9. The van der Waals surface area contributed by atoms with Gasteiger partial charge in [-0.05, 0) is 73.0 Å². The molecule has 178 valence electrons. The average molecular weight is 473 g/mol. The Morgan fingerprint density at radius 1 is 0.941 bits per heavy atom. The zero-order valence-electron chi connectivity index (χ0n) is 18.7. The zero-order chi connectivity index (χ0) is 24.5. The van der Waals surface area contributed by atoms with Gasteiger partial charge in [0.05, 0.1) is 31.2 Å². The molecule has 1 heterocycles. The van der Waals surface area contributed by atoms with Gasteiger partial charge in [0, 0.05) is 5.69 Å². The van der Waals surface area contributed by atoms with Gasteiger partial charge in [0.1, 0.15) is 5.82 Å². The van der Waals surface area contributed by atoms with Gasteiger partial charge in [-0.25, -0.2) is 4.39 Å². The quantitative estimate of drug-likeness (QED) is 0.393. The van der Waals surface area contributed by atoms with E-state index in [2.05, 4.69) is 0 Å². The summed E-state index contributed by atoms with van der Waals surface area (Å²) in [5, 5.41) is 0. The van der Waals surface area contributed by atoms with E-state index >= 15 is 0 Å². The van der Waals surface area contributed by atoms with E-state index in [1.807, 2.05) is 13.8 Å². The van der Waals surface area contributed by atoms with Crippen LogP contribution >= 0.6 is 0 Å². The lowest BCUT2D eigenvalue weighted by atomic mass is 9.86. The Hall–Kier alpha value is -3.55. The van der Waals surface area contributed by atoms with E-state index in [1.165, 1.54) is 41.3 Å². The van der Waals surface area contributed by atoms with E-state index < -0.39 is 23.6 Å². The van der Waals surface area contributed by atoms with Crippen LogP contribution in [-0.4, -0.2) is 19.1 Å². The van der Waals surface area contributed by atoms with Crippen LogP contribution in [-0.2, 0) is 17.4 Å². The molecular weight excluding hydrogens is 450 g/mol. The molecule has 1 amide bonds. The largest absolute Gasteiger partial charge is 0.490 e. The summed E-state index contributed by atoms with van der Waals surface area (Å²) < 4.78 is 65.4. The Labute approximate surface area is 194 Å². The van der Waals surface area contributed by atoms with Crippen molar-refractivity contribution in [3.8, 4) is 11.5 Å². The second kappa shape index (κ2) is 9.37. The maximum Gasteiger partial charge on any atom is 0.416 e. The van der Waals surface area contributed by atoms with Gasteiger partial charge in [0.25, 0.3) is 0 Å². The lowest BCUT2D eigenvalue weighted by Gasteiger charge is -2.38. The highest BCUT2D eigenvalue weighted by atomic mass is 19.4. The number of fused-ring (bicyclic) bond motifs is 1. The first-order chi connectivity index (χ1) is 16.2. The number of rotatable bonds is 6. The molecule has 1 atom stereocenters. The molecule has 0 fully saturated rings. The highest BCUT2D eigenvalue weighted by Crippen LogP contribution is 2.44. The summed E-state index contributed by atoms with van der Waals surface area (Å²) in [5.41, 5.74) is 1.15. The van der Waals surface area contributed by atoms with Gasteiger partial charge >= 0.3 is 6.18 Å². The summed E-state index contributed by atoms with van der Waals surface area (Å²) in [6, 6.07) is 12.9. The van der Waals surface area contributed by atoms with E-state index in [0.717, 1.165) is 12.1 Å². The van der Waals surface area contributed by atoms with Crippen molar-refractivity contribution in [2.24, 2.45) is 0 Å². The fraction of sp³-hybridized carbons (Fsp3) is 0.269. The van der Waals surface area contributed by atoms with E-state index in [-0.39, 0.29) is 18.0 Å². The number of carbonyl (C=O) groups is 1. The Balaban J connectivity index is 1.92. The van der Waals surface area contributed by atoms with Gasteiger partial charge in [-0.3, -0.25) is 4.79 Å². The van der Waals surface area contributed by atoms with Crippen LogP contribution in [0, 0.1) is 5.82 Å². The Kier molecular flexibility index (Phi) is 6.50. The van der Waals surface area contributed by atoms with Crippen molar-refractivity contribution >= 4 is 11.6 Å². The number of hydrogen-bond donors (Lipinski definition) is 0. The minimum Gasteiger partial charge on any atom is -0.490 e. The van der Waals surface area contributed by atoms with Crippen LogP contribution in [0.25, 0.3) is 0 Å². The maximum absolute atomic E-state index is 13.7. The van der Waals surface area contributed by atoms with Crippen LogP contribution in [0.15, 0.2) is 60.7 Å². The van der Waals surface area contributed by atoms with E-state index in [0.29, 0.717) is 41.4 Å². The van der Waals surface area contributed by atoms with Crippen molar-refractivity contribution in [1.82, 2.24) is 0 Å². The summed E-state index contributed by atoms with van der Waals surface area (Å²) in [5.74, 6) is 0.112. The fourth-order valence-electron chi connectivity index (χ4n) is 4.19. The number of ether oxygens (including phenoxy) is 2. The van der Waals surface area contributed by atoms with Gasteiger partial charge in [0.2, 0.25) is 5.91 Å². The molecule has 3 aromatic carbocycles. The molecule has 0 aromatic heterocycles. The Morgan fingerprint density at radius 2 is 1.59 bits per heavy atom. The lowest BCUT2D eigenvalue weighted by Crippen LogP contribution is -2.41. The molecule has 1 aliphatic heterocycles. The molecule has 4 rings (SSSR count).